The molecule has 0 aromatic heterocycles. The van der Waals surface area contributed by atoms with Crippen molar-refractivity contribution in [1.29, 1.82) is 0 Å². The molecule has 1 amide bonds. The standard InChI is InChI=1S/C16H15N3O5/c17-15(20)12-6-7-13(14(10-12)19(22)23)18-8-9-24-16(21)11-4-2-1-3-5-11/h1-7,10,18H,8-9H2,(H2,17,20). The van der Waals surface area contributed by atoms with Crippen LogP contribution in [0.5, 0.6) is 0 Å². The molecule has 2 aromatic carbocycles. The van der Waals surface area contributed by atoms with Crippen LogP contribution in [-0.4, -0.2) is 30.0 Å². The number of anilines is 1. The second-order valence-corrected chi connectivity index (χ2v) is 4.78. The Labute approximate surface area is 137 Å². The number of esters is 1. The van der Waals surface area contributed by atoms with Gasteiger partial charge in [0.05, 0.1) is 10.5 Å². The Kier molecular flexibility index (Phi) is 5.45. The number of nitrogens with two attached hydrogens (primary N) is 1. The molecule has 0 aliphatic carbocycles. The average molecular weight is 329 g/mol. The lowest BCUT2D eigenvalue weighted by atomic mass is 10.1. The maximum Gasteiger partial charge on any atom is 0.338 e. The van der Waals surface area contributed by atoms with Crippen molar-refractivity contribution in [3.05, 3.63) is 69.8 Å². The van der Waals surface area contributed by atoms with Crippen molar-refractivity contribution in [3.8, 4) is 0 Å². The lowest BCUT2D eigenvalue weighted by Gasteiger charge is -2.09. The highest BCUT2D eigenvalue weighted by molar-refractivity contribution is 5.94. The van der Waals surface area contributed by atoms with Gasteiger partial charge in [0.25, 0.3) is 5.69 Å². The number of amides is 1. The summed E-state index contributed by atoms with van der Waals surface area (Å²) >= 11 is 0. The molecule has 0 atom stereocenters. The molecule has 0 saturated carbocycles. The van der Waals surface area contributed by atoms with Crippen molar-refractivity contribution >= 4 is 23.3 Å². The SMILES string of the molecule is NC(=O)c1ccc(NCCOC(=O)c2ccccc2)c([N+](=O)[O-])c1. The number of hydrogen-bond acceptors (Lipinski definition) is 6. The summed E-state index contributed by atoms with van der Waals surface area (Å²) in [6.07, 6.45) is 0. The van der Waals surface area contributed by atoms with E-state index in [4.69, 9.17) is 10.5 Å². The van der Waals surface area contributed by atoms with E-state index < -0.39 is 16.8 Å². The molecule has 8 nitrogen and oxygen atoms in total. The van der Waals surface area contributed by atoms with Gasteiger partial charge in [-0.2, -0.15) is 0 Å². The highest BCUT2D eigenvalue weighted by atomic mass is 16.6. The Morgan fingerprint density at radius 3 is 2.46 bits per heavy atom. The van der Waals surface area contributed by atoms with Crippen molar-refractivity contribution in [2.24, 2.45) is 5.73 Å². The highest BCUT2D eigenvalue weighted by Crippen LogP contribution is 2.25. The van der Waals surface area contributed by atoms with Crippen molar-refractivity contribution in [2.75, 3.05) is 18.5 Å². The summed E-state index contributed by atoms with van der Waals surface area (Å²) in [5.41, 5.74) is 5.51. The van der Waals surface area contributed by atoms with E-state index in [-0.39, 0.29) is 30.1 Å². The zero-order valence-electron chi connectivity index (χ0n) is 12.6. The number of nitro groups is 1. The summed E-state index contributed by atoms with van der Waals surface area (Å²) in [5, 5.41) is 13.8. The first-order chi connectivity index (χ1) is 11.5. The predicted octanol–water partition coefficient (Wildman–Crippen LogP) is 1.96. The van der Waals surface area contributed by atoms with Gasteiger partial charge in [-0.1, -0.05) is 18.2 Å². The first-order valence-electron chi connectivity index (χ1n) is 7.03. The molecule has 3 N–H and O–H groups in total. The number of nitrogens with one attached hydrogen (secondary N) is 1. The largest absolute Gasteiger partial charge is 0.460 e. The number of primary amides is 1. The minimum absolute atomic E-state index is 0.0302. The van der Waals surface area contributed by atoms with Crippen molar-refractivity contribution < 1.29 is 19.2 Å². The molecule has 0 heterocycles. The molecule has 0 fully saturated rings. The van der Waals surface area contributed by atoms with Gasteiger partial charge in [0, 0.05) is 18.2 Å². The quantitative estimate of drug-likeness (QED) is 0.346. The minimum Gasteiger partial charge on any atom is -0.460 e. The van der Waals surface area contributed by atoms with E-state index in [1.807, 2.05) is 0 Å². The number of carbonyl (C=O) groups excluding carboxylic acids is 2. The molecular formula is C16H15N3O5. The molecule has 0 aliphatic heterocycles. The monoisotopic (exact) mass is 329 g/mol. The van der Waals surface area contributed by atoms with Crippen LogP contribution in [0.25, 0.3) is 0 Å². The zero-order valence-corrected chi connectivity index (χ0v) is 12.6. The number of nitro benzene ring substituents is 1. The number of benzene rings is 2. The third-order valence-electron chi connectivity index (χ3n) is 3.14. The van der Waals surface area contributed by atoms with Crippen LogP contribution < -0.4 is 11.1 Å². The fraction of sp³-hybridized carbons (Fsp3) is 0.125. The lowest BCUT2D eigenvalue weighted by Crippen LogP contribution is -2.15. The number of carbonyl (C=O) groups is 2. The summed E-state index contributed by atoms with van der Waals surface area (Å²) in [6, 6.07) is 12.3. The molecule has 24 heavy (non-hydrogen) atoms. The fourth-order valence-corrected chi connectivity index (χ4v) is 1.97. The van der Waals surface area contributed by atoms with Crippen molar-refractivity contribution in [2.45, 2.75) is 0 Å². The van der Waals surface area contributed by atoms with E-state index in [0.29, 0.717) is 5.56 Å². The topological polar surface area (TPSA) is 125 Å². The van der Waals surface area contributed by atoms with Gasteiger partial charge in [-0.15, -0.1) is 0 Å². The van der Waals surface area contributed by atoms with Crippen LogP contribution in [0.4, 0.5) is 11.4 Å². The third-order valence-corrected chi connectivity index (χ3v) is 3.14. The van der Waals surface area contributed by atoms with Crippen LogP contribution in [0.15, 0.2) is 48.5 Å². The van der Waals surface area contributed by atoms with E-state index in [1.165, 1.54) is 12.1 Å². The van der Waals surface area contributed by atoms with Gasteiger partial charge in [-0.3, -0.25) is 14.9 Å². The third kappa shape index (κ3) is 4.29. The Bertz CT molecular complexity index is 762. The summed E-state index contributed by atoms with van der Waals surface area (Å²) in [6.45, 7) is 0.206. The maximum atomic E-state index is 11.7. The molecule has 124 valence electrons. The van der Waals surface area contributed by atoms with Gasteiger partial charge < -0.3 is 15.8 Å². The summed E-state index contributed by atoms with van der Waals surface area (Å²) in [4.78, 5) is 33.3. The molecule has 0 aliphatic rings. The highest BCUT2D eigenvalue weighted by Gasteiger charge is 2.16. The predicted molar refractivity (Wildman–Crippen MR) is 86.8 cm³/mol. The molecule has 2 aromatic rings. The Hall–Kier alpha value is -3.42. The van der Waals surface area contributed by atoms with Crippen LogP contribution in [0.1, 0.15) is 20.7 Å². The van der Waals surface area contributed by atoms with Gasteiger partial charge >= 0.3 is 5.97 Å². The fourth-order valence-electron chi connectivity index (χ4n) is 1.97. The van der Waals surface area contributed by atoms with Crippen LogP contribution in [-0.2, 0) is 4.74 Å². The molecule has 0 saturated heterocycles. The van der Waals surface area contributed by atoms with Crippen molar-refractivity contribution in [3.63, 3.8) is 0 Å². The van der Waals surface area contributed by atoms with Crippen molar-refractivity contribution in [1.82, 2.24) is 0 Å². The lowest BCUT2D eigenvalue weighted by molar-refractivity contribution is -0.384. The molecule has 0 radical (unpaired) electrons. The second-order valence-electron chi connectivity index (χ2n) is 4.78. The maximum absolute atomic E-state index is 11.7. The second kappa shape index (κ2) is 7.73. The summed E-state index contributed by atoms with van der Waals surface area (Å²) < 4.78 is 5.07. The van der Waals surface area contributed by atoms with Crippen LogP contribution in [0.3, 0.4) is 0 Å². The molecule has 0 spiro atoms. The van der Waals surface area contributed by atoms with Gasteiger partial charge in [0.2, 0.25) is 5.91 Å². The minimum atomic E-state index is -0.749. The van der Waals surface area contributed by atoms with E-state index in [9.17, 15) is 19.7 Å². The zero-order chi connectivity index (χ0) is 17.5. The summed E-state index contributed by atoms with van der Waals surface area (Å²) in [7, 11) is 0. The van der Waals surface area contributed by atoms with E-state index in [2.05, 4.69) is 5.32 Å². The van der Waals surface area contributed by atoms with Gasteiger partial charge in [0.15, 0.2) is 0 Å². The number of hydrogen-bond donors (Lipinski definition) is 2. The van der Waals surface area contributed by atoms with E-state index in [1.54, 1.807) is 30.3 Å². The van der Waals surface area contributed by atoms with E-state index in [0.717, 1.165) is 6.07 Å². The van der Waals surface area contributed by atoms with Gasteiger partial charge in [-0.05, 0) is 24.3 Å². The van der Waals surface area contributed by atoms with Gasteiger partial charge in [-0.25, -0.2) is 4.79 Å². The van der Waals surface area contributed by atoms with Crippen LogP contribution in [0, 0.1) is 10.1 Å². The Balaban J connectivity index is 1.93. The number of rotatable bonds is 7. The Morgan fingerprint density at radius 1 is 1.12 bits per heavy atom. The van der Waals surface area contributed by atoms with E-state index >= 15 is 0 Å². The molecule has 2 rings (SSSR count). The van der Waals surface area contributed by atoms with Gasteiger partial charge in [0.1, 0.15) is 12.3 Å². The molecule has 0 bridgehead atoms. The smallest absolute Gasteiger partial charge is 0.338 e. The average Bonchev–Trinajstić information content (AvgIpc) is 2.59. The molecular weight excluding hydrogens is 314 g/mol. The van der Waals surface area contributed by atoms with Crippen LogP contribution in [0.2, 0.25) is 0 Å². The summed E-state index contributed by atoms with van der Waals surface area (Å²) in [5.74, 6) is -1.22. The number of ether oxygens (including phenoxy) is 1. The normalized spacial score (nSPS) is 10.0. The first kappa shape index (κ1) is 16.9. The first-order valence-corrected chi connectivity index (χ1v) is 7.03. The Morgan fingerprint density at radius 2 is 1.83 bits per heavy atom. The van der Waals surface area contributed by atoms with Crippen LogP contribution >= 0.6 is 0 Å². The molecule has 0 unspecified atom stereocenters. The number of nitrogens with zero attached hydrogens (tertiary/aromatic N) is 1. The molecule has 8 heteroatoms.